The number of rotatable bonds is 3. The van der Waals surface area contributed by atoms with Crippen molar-refractivity contribution in [2.75, 3.05) is 5.32 Å². The minimum absolute atomic E-state index is 0.224. The number of nitrogens with zero attached hydrogens (tertiary/aromatic N) is 3. The number of aromatic nitrogens is 3. The van der Waals surface area contributed by atoms with Gasteiger partial charge in [-0.05, 0) is 60.2 Å². The maximum absolute atomic E-state index is 13.1. The standard InChI is InChI=1S/C21H19FN4O2/c22-16-7-4-14(5-8-16)19-11-26-18(12-28-19)20(24-25-26)21(27)23-17-9-6-13-2-1-3-15(13)10-17/h4-10,19H,1-3,11-12H2,(H,23,27)/t19-/m0/s1. The molecule has 6 nitrogen and oxygen atoms in total. The first kappa shape index (κ1) is 17.1. The van der Waals surface area contributed by atoms with Gasteiger partial charge in [0.1, 0.15) is 11.9 Å². The highest BCUT2D eigenvalue weighted by molar-refractivity contribution is 6.03. The van der Waals surface area contributed by atoms with Crippen molar-refractivity contribution in [3.8, 4) is 0 Å². The van der Waals surface area contributed by atoms with E-state index >= 15 is 0 Å². The van der Waals surface area contributed by atoms with Gasteiger partial charge >= 0.3 is 0 Å². The molecule has 0 fully saturated rings. The lowest BCUT2D eigenvalue weighted by atomic mass is 10.1. The first-order valence-corrected chi connectivity index (χ1v) is 9.40. The maximum atomic E-state index is 13.1. The van der Waals surface area contributed by atoms with Crippen molar-refractivity contribution in [3.63, 3.8) is 0 Å². The van der Waals surface area contributed by atoms with E-state index in [1.165, 1.54) is 23.3 Å². The van der Waals surface area contributed by atoms with Crippen molar-refractivity contribution in [2.45, 2.75) is 38.5 Å². The van der Waals surface area contributed by atoms with Crippen LogP contribution in [0.5, 0.6) is 0 Å². The number of ether oxygens (including phenoxy) is 1. The molecule has 2 aliphatic rings. The van der Waals surface area contributed by atoms with Gasteiger partial charge in [-0.25, -0.2) is 9.07 Å². The molecule has 2 heterocycles. The summed E-state index contributed by atoms with van der Waals surface area (Å²) in [4.78, 5) is 12.7. The number of anilines is 1. The molecule has 0 saturated carbocycles. The second kappa shape index (κ2) is 6.83. The van der Waals surface area contributed by atoms with Crippen molar-refractivity contribution in [1.29, 1.82) is 0 Å². The molecule has 28 heavy (non-hydrogen) atoms. The van der Waals surface area contributed by atoms with E-state index < -0.39 is 0 Å². The van der Waals surface area contributed by atoms with Crippen LogP contribution in [0.2, 0.25) is 0 Å². The van der Waals surface area contributed by atoms with E-state index in [0.29, 0.717) is 12.2 Å². The highest BCUT2D eigenvalue weighted by Crippen LogP contribution is 2.28. The van der Waals surface area contributed by atoms with Crippen molar-refractivity contribution in [3.05, 3.63) is 76.4 Å². The molecule has 2 aromatic carbocycles. The number of halogens is 1. The molecule has 1 atom stereocenters. The van der Waals surface area contributed by atoms with E-state index in [4.69, 9.17) is 4.74 Å². The average Bonchev–Trinajstić information content (AvgIpc) is 3.34. The molecule has 5 rings (SSSR count). The zero-order chi connectivity index (χ0) is 19.1. The normalized spacial score (nSPS) is 17.8. The van der Waals surface area contributed by atoms with Gasteiger partial charge < -0.3 is 10.1 Å². The Balaban J connectivity index is 1.33. The van der Waals surface area contributed by atoms with Crippen LogP contribution in [0.1, 0.15) is 45.4 Å². The molecule has 1 amide bonds. The molecule has 1 N–H and O–H groups in total. The van der Waals surface area contributed by atoms with Gasteiger partial charge in [0.05, 0.1) is 18.8 Å². The number of hydrogen-bond donors (Lipinski definition) is 1. The van der Waals surface area contributed by atoms with Crippen LogP contribution in [0.25, 0.3) is 0 Å². The SMILES string of the molecule is O=C(Nc1ccc2c(c1)CCC2)c1nnn2c1CO[C@H](c1ccc(F)cc1)C2. The number of aryl methyl sites for hydroxylation is 2. The van der Waals surface area contributed by atoms with E-state index in [0.717, 1.165) is 30.5 Å². The van der Waals surface area contributed by atoms with Crippen LogP contribution in [0.15, 0.2) is 42.5 Å². The molecule has 3 aromatic rings. The van der Waals surface area contributed by atoms with Crippen LogP contribution in [0.3, 0.4) is 0 Å². The van der Waals surface area contributed by atoms with Gasteiger partial charge in [0, 0.05) is 5.69 Å². The summed E-state index contributed by atoms with van der Waals surface area (Å²) in [5, 5.41) is 11.1. The maximum Gasteiger partial charge on any atom is 0.278 e. The minimum Gasteiger partial charge on any atom is -0.365 e. The molecule has 1 aliphatic heterocycles. The zero-order valence-electron chi connectivity index (χ0n) is 15.2. The smallest absolute Gasteiger partial charge is 0.278 e. The summed E-state index contributed by atoms with van der Waals surface area (Å²) in [7, 11) is 0. The van der Waals surface area contributed by atoms with Gasteiger partial charge in [0.15, 0.2) is 5.69 Å². The third-order valence-corrected chi connectivity index (χ3v) is 5.41. The van der Waals surface area contributed by atoms with Crippen molar-refractivity contribution >= 4 is 11.6 Å². The van der Waals surface area contributed by atoms with Gasteiger partial charge in [0.25, 0.3) is 5.91 Å². The zero-order valence-corrected chi connectivity index (χ0v) is 15.2. The third kappa shape index (κ3) is 3.07. The fourth-order valence-corrected chi connectivity index (χ4v) is 3.91. The lowest BCUT2D eigenvalue weighted by Gasteiger charge is -2.24. The third-order valence-electron chi connectivity index (χ3n) is 5.41. The van der Waals surface area contributed by atoms with Crippen LogP contribution < -0.4 is 5.32 Å². The van der Waals surface area contributed by atoms with Gasteiger partial charge in [-0.15, -0.1) is 5.10 Å². The largest absolute Gasteiger partial charge is 0.365 e. The van der Waals surface area contributed by atoms with Crippen LogP contribution in [0.4, 0.5) is 10.1 Å². The molecule has 0 bridgehead atoms. The molecular formula is C21H19FN4O2. The van der Waals surface area contributed by atoms with Crippen LogP contribution >= 0.6 is 0 Å². The lowest BCUT2D eigenvalue weighted by molar-refractivity contribution is -0.00174. The number of hydrogen-bond acceptors (Lipinski definition) is 4. The second-order valence-corrected chi connectivity index (χ2v) is 7.21. The van der Waals surface area contributed by atoms with Crippen molar-refractivity contribution < 1.29 is 13.9 Å². The van der Waals surface area contributed by atoms with Crippen LogP contribution in [-0.2, 0) is 30.7 Å². The van der Waals surface area contributed by atoms with E-state index in [1.54, 1.807) is 16.8 Å². The van der Waals surface area contributed by atoms with E-state index in [9.17, 15) is 9.18 Å². The number of nitrogens with one attached hydrogen (secondary N) is 1. The van der Waals surface area contributed by atoms with E-state index in [2.05, 4.69) is 21.7 Å². The first-order chi connectivity index (χ1) is 13.7. The number of amides is 1. The Kier molecular flexibility index (Phi) is 4.16. The highest BCUT2D eigenvalue weighted by atomic mass is 19.1. The molecule has 1 aliphatic carbocycles. The van der Waals surface area contributed by atoms with Crippen molar-refractivity contribution in [2.24, 2.45) is 0 Å². The second-order valence-electron chi connectivity index (χ2n) is 7.21. The summed E-state index contributed by atoms with van der Waals surface area (Å²) < 4.78 is 20.7. The van der Waals surface area contributed by atoms with Crippen molar-refractivity contribution in [1.82, 2.24) is 15.0 Å². The Labute approximate surface area is 161 Å². The van der Waals surface area contributed by atoms with Crippen LogP contribution in [-0.4, -0.2) is 20.9 Å². The molecule has 0 unspecified atom stereocenters. The average molecular weight is 378 g/mol. The summed E-state index contributed by atoms with van der Waals surface area (Å²) in [6.07, 6.45) is 3.08. The fraction of sp³-hybridized carbons (Fsp3) is 0.286. The highest BCUT2D eigenvalue weighted by Gasteiger charge is 2.28. The Hall–Kier alpha value is -3.06. The minimum atomic E-state index is -0.289. The Morgan fingerprint density at radius 3 is 2.82 bits per heavy atom. The summed E-state index contributed by atoms with van der Waals surface area (Å²) >= 11 is 0. The lowest BCUT2D eigenvalue weighted by Crippen LogP contribution is -2.24. The number of carbonyl (C=O) groups is 1. The fourth-order valence-electron chi connectivity index (χ4n) is 3.91. The molecule has 142 valence electrons. The number of fused-ring (bicyclic) bond motifs is 2. The van der Waals surface area contributed by atoms with Gasteiger partial charge in [-0.2, -0.15) is 0 Å². The number of carbonyl (C=O) groups excluding carboxylic acids is 1. The van der Waals surface area contributed by atoms with Gasteiger partial charge in [-0.3, -0.25) is 4.79 Å². The molecule has 0 saturated heterocycles. The van der Waals surface area contributed by atoms with Crippen LogP contribution in [0, 0.1) is 5.82 Å². The summed E-state index contributed by atoms with van der Waals surface area (Å²) in [5.74, 6) is -0.574. The Morgan fingerprint density at radius 2 is 1.96 bits per heavy atom. The molecular weight excluding hydrogens is 359 g/mol. The Morgan fingerprint density at radius 1 is 1.14 bits per heavy atom. The van der Waals surface area contributed by atoms with Gasteiger partial charge in [0.2, 0.25) is 0 Å². The predicted octanol–water partition coefficient (Wildman–Crippen LogP) is 3.43. The van der Waals surface area contributed by atoms with E-state index in [1.807, 2.05) is 12.1 Å². The molecule has 0 radical (unpaired) electrons. The summed E-state index contributed by atoms with van der Waals surface area (Å²) in [5.41, 5.74) is 5.22. The monoisotopic (exact) mass is 378 g/mol. The van der Waals surface area contributed by atoms with E-state index in [-0.39, 0.29) is 30.1 Å². The molecule has 1 aromatic heterocycles. The number of benzene rings is 2. The summed E-state index contributed by atoms with van der Waals surface area (Å²) in [6.45, 7) is 0.655. The predicted molar refractivity (Wildman–Crippen MR) is 100 cm³/mol. The quantitative estimate of drug-likeness (QED) is 0.758. The first-order valence-electron chi connectivity index (χ1n) is 9.40. The Bertz CT molecular complexity index is 1050. The van der Waals surface area contributed by atoms with Gasteiger partial charge in [-0.1, -0.05) is 23.4 Å². The topological polar surface area (TPSA) is 69.0 Å². The molecule has 0 spiro atoms. The summed E-state index contributed by atoms with van der Waals surface area (Å²) in [6, 6.07) is 12.3. The molecule has 7 heteroatoms.